The number of carbonyl (C=O) groups is 2. The lowest BCUT2D eigenvalue weighted by molar-refractivity contribution is -0.139. The van der Waals surface area contributed by atoms with Crippen LogP contribution in [-0.4, -0.2) is 48.1 Å². The fourth-order valence-electron chi connectivity index (χ4n) is 0.905. The number of hydrogen-bond acceptors (Lipinski definition) is 5. The van der Waals surface area contributed by atoms with Gasteiger partial charge in [0.1, 0.15) is 6.04 Å². The van der Waals surface area contributed by atoms with E-state index in [2.05, 4.69) is 15.8 Å². The second kappa shape index (κ2) is 6.17. The van der Waals surface area contributed by atoms with E-state index >= 15 is 0 Å². The van der Waals surface area contributed by atoms with Crippen LogP contribution in [0.5, 0.6) is 0 Å². The van der Waals surface area contributed by atoms with Crippen molar-refractivity contribution in [3.63, 3.8) is 0 Å². The molecule has 1 aliphatic heterocycles. The van der Waals surface area contributed by atoms with E-state index in [-0.39, 0.29) is 0 Å². The first kappa shape index (κ1) is 12.7. The summed E-state index contributed by atoms with van der Waals surface area (Å²) in [5.41, 5.74) is 4.43. The number of aliphatic carboxylic acids is 1. The molecule has 0 radical (unpaired) electrons. The molecule has 0 aromatic carbocycles. The standard InChI is InChI=1S/C5H9NO3.C2H5NO2/c7-3-1-4(5(8)9)6-2-3;1-5-2(3)4/h3-4,6-7H,1-2H2,(H,8,9);1H3,(H2,3,4)/t3?,4-;/m0./s1. The normalized spacial score (nSPS) is 24.7. The predicted octanol–water partition coefficient (Wildman–Crippen LogP) is -1.49. The highest BCUT2D eigenvalue weighted by molar-refractivity contribution is 5.73. The van der Waals surface area contributed by atoms with Crippen LogP contribution >= 0.6 is 0 Å². The summed E-state index contributed by atoms with van der Waals surface area (Å²) in [5.74, 6) is -0.883. The van der Waals surface area contributed by atoms with Crippen molar-refractivity contribution in [1.82, 2.24) is 5.32 Å². The molecule has 0 aliphatic carbocycles. The summed E-state index contributed by atoms with van der Waals surface area (Å²) in [6.07, 6.45) is -0.897. The van der Waals surface area contributed by atoms with Crippen molar-refractivity contribution < 1.29 is 24.5 Å². The number of aliphatic hydroxyl groups excluding tert-OH is 1. The Bertz CT molecular complexity index is 208. The molecule has 1 rings (SSSR count). The van der Waals surface area contributed by atoms with Crippen LogP contribution in [0.25, 0.3) is 0 Å². The van der Waals surface area contributed by atoms with Crippen molar-refractivity contribution in [2.45, 2.75) is 18.6 Å². The minimum atomic E-state index is -0.883. The highest BCUT2D eigenvalue weighted by Gasteiger charge is 2.27. The lowest BCUT2D eigenvalue weighted by atomic mass is 10.2. The maximum Gasteiger partial charge on any atom is 0.404 e. The molecule has 0 bridgehead atoms. The van der Waals surface area contributed by atoms with Gasteiger partial charge in [-0.15, -0.1) is 0 Å². The molecule has 7 nitrogen and oxygen atoms in total. The Morgan fingerprint density at radius 3 is 2.21 bits per heavy atom. The predicted molar refractivity (Wildman–Crippen MR) is 46.6 cm³/mol. The quantitative estimate of drug-likeness (QED) is 0.414. The van der Waals surface area contributed by atoms with Gasteiger partial charge in [0.25, 0.3) is 0 Å². The molecule has 5 N–H and O–H groups in total. The van der Waals surface area contributed by atoms with Crippen LogP contribution in [0.3, 0.4) is 0 Å². The van der Waals surface area contributed by atoms with E-state index in [4.69, 9.17) is 10.2 Å². The molecule has 1 heterocycles. The third-order valence-electron chi connectivity index (χ3n) is 1.61. The van der Waals surface area contributed by atoms with Gasteiger partial charge in [-0.2, -0.15) is 0 Å². The Morgan fingerprint density at radius 2 is 2.07 bits per heavy atom. The van der Waals surface area contributed by atoms with Gasteiger partial charge in [-0.3, -0.25) is 4.79 Å². The molecule has 0 spiro atoms. The van der Waals surface area contributed by atoms with Gasteiger partial charge in [0.05, 0.1) is 13.2 Å². The molecule has 1 saturated heterocycles. The van der Waals surface area contributed by atoms with Gasteiger partial charge in [0.15, 0.2) is 0 Å². The van der Waals surface area contributed by atoms with E-state index < -0.39 is 24.2 Å². The molecule has 0 aromatic rings. The zero-order valence-electron chi connectivity index (χ0n) is 7.77. The van der Waals surface area contributed by atoms with E-state index in [1.165, 1.54) is 7.11 Å². The van der Waals surface area contributed by atoms with Crippen LogP contribution in [0.1, 0.15) is 6.42 Å². The smallest absolute Gasteiger partial charge is 0.404 e. The summed E-state index contributed by atoms with van der Waals surface area (Å²) in [4.78, 5) is 19.5. The number of ether oxygens (including phenoxy) is 1. The lowest BCUT2D eigenvalue weighted by Gasteiger charge is -1.99. The SMILES string of the molecule is COC(N)=O.O=C(O)[C@@H]1CC(O)CN1. The number of carboxylic acids is 1. The van der Waals surface area contributed by atoms with Gasteiger partial charge >= 0.3 is 12.1 Å². The highest BCUT2D eigenvalue weighted by atomic mass is 16.5. The zero-order valence-corrected chi connectivity index (χ0v) is 7.77. The number of aliphatic hydroxyl groups is 1. The van der Waals surface area contributed by atoms with Crippen molar-refractivity contribution in [3.05, 3.63) is 0 Å². The third kappa shape index (κ3) is 5.33. The number of carboxylic acid groups (broad SMARTS) is 1. The first-order valence-corrected chi connectivity index (χ1v) is 3.95. The Kier molecular flexibility index (Phi) is 5.58. The molecular formula is C7H14N2O5. The van der Waals surface area contributed by atoms with Crippen LogP contribution in [0.2, 0.25) is 0 Å². The Balaban J connectivity index is 0.000000292. The molecule has 1 amide bonds. The second-order valence-corrected chi connectivity index (χ2v) is 2.71. The summed E-state index contributed by atoms with van der Waals surface area (Å²) >= 11 is 0. The number of carbonyl (C=O) groups excluding carboxylic acids is 1. The van der Waals surface area contributed by atoms with Crippen LogP contribution in [0.4, 0.5) is 4.79 Å². The van der Waals surface area contributed by atoms with Crippen molar-refractivity contribution in [1.29, 1.82) is 0 Å². The fraction of sp³-hybridized carbons (Fsp3) is 0.714. The zero-order chi connectivity index (χ0) is 11.1. The monoisotopic (exact) mass is 206 g/mol. The molecule has 0 saturated carbocycles. The minimum Gasteiger partial charge on any atom is -0.480 e. The Hall–Kier alpha value is -1.34. The average molecular weight is 206 g/mol. The molecule has 2 atom stereocenters. The number of rotatable bonds is 1. The molecule has 1 fully saturated rings. The Morgan fingerprint density at radius 1 is 1.57 bits per heavy atom. The number of nitrogens with one attached hydrogen (secondary N) is 1. The van der Waals surface area contributed by atoms with Gasteiger partial charge in [0, 0.05) is 13.0 Å². The molecule has 0 aromatic heterocycles. The topological polar surface area (TPSA) is 122 Å². The summed E-state index contributed by atoms with van der Waals surface area (Å²) in [5, 5.41) is 19.8. The largest absolute Gasteiger partial charge is 0.480 e. The van der Waals surface area contributed by atoms with Crippen LogP contribution in [0.15, 0.2) is 0 Å². The summed E-state index contributed by atoms with van der Waals surface area (Å²) in [7, 11) is 1.22. The lowest BCUT2D eigenvalue weighted by Crippen LogP contribution is -2.29. The Labute approximate surface area is 80.8 Å². The maximum atomic E-state index is 10.2. The number of methoxy groups -OCH3 is 1. The van der Waals surface area contributed by atoms with Crippen molar-refractivity contribution in [2.24, 2.45) is 5.73 Å². The van der Waals surface area contributed by atoms with Gasteiger partial charge < -0.3 is 26.0 Å². The average Bonchev–Trinajstić information content (AvgIpc) is 2.53. The summed E-state index contributed by atoms with van der Waals surface area (Å²) < 4.78 is 3.89. The van der Waals surface area contributed by atoms with Crippen LogP contribution < -0.4 is 11.1 Å². The van der Waals surface area contributed by atoms with E-state index in [1.54, 1.807) is 0 Å². The van der Waals surface area contributed by atoms with Crippen LogP contribution in [0, 0.1) is 0 Å². The van der Waals surface area contributed by atoms with Gasteiger partial charge in [-0.1, -0.05) is 0 Å². The van der Waals surface area contributed by atoms with Crippen molar-refractivity contribution >= 4 is 12.1 Å². The van der Waals surface area contributed by atoms with Crippen molar-refractivity contribution in [3.8, 4) is 0 Å². The number of amides is 1. The number of nitrogens with two attached hydrogens (primary N) is 1. The van der Waals surface area contributed by atoms with E-state index in [9.17, 15) is 9.59 Å². The first-order chi connectivity index (χ1) is 6.47. The molecule has 1 unspecified atom stereocenters. The van der Waals surface area contributed by atoms with E-state index in [0.717, 1.165) is 0 Å². The van der Waals surface area contributed by atoms with Crippen LogP contribution in [-0.2, 0) is 9.53 Å². The highest BCUT2D eigenvalue weighted by Crippen LogP contribution is 2.05. The molecule has 7 heteroatoms. The van der Waals surface area contributed by atoms with Crippen molar-refractivity contribution in [2.75, 3.05) is 13.7 Å². The molecular weight excluding hydrogens is 192 g/mol. The molecule has 82 valence electrons. The summed E-state index contributed by atoms with van der Waals surface area (Å²) in [6.45, 7) is 0.400. The fourth-order valence-corrected chi connectivity index (χ4v) is 0.905. The van der Waals surface area contributed by atoms with Gasteiger partial charge in [0.2, 0.25) is 0 Å². The minimum absolute atomic E-state index is 0.329. The second-order valence-electron chi connectivity index (χ2n) is 2.71. The number of β-amino-alcohol motifs (C(OH)–C–C–N with tert-alkyl or cyclic N) is 1. The summed E-state index contributed by atoms with van der Waals surface area (Å²) in [6, 6.07) is -0.542. The van der Waals surface area contributed by atoms with Gasteiger partial charge in [-0.25, -0.2) is 4.79 Å². The number of primary amides is 1. The molecule has 14 heavy (non-hydrogen) atoms. The third-order valence-corrected chi connectivity index (χ3v) is 1.61. The number of hydrogen-bond donors (Lipinski definition) is 4. The van der Waals surface area contributed by atoms with Gasteiger partial charge in [-0.05, 0) is 0 Å². The van der Waals surface area contributed by atoms with E-state index in [0.29, 0.717) is 13.0 Å². The molecule has 1 aliphatic rings. The maximum absolute atomic E-state index is 10.2. The first-order valence-electron chi connectivity index (χ1n) is 3.95. The van der Waals surface area contributed by atoms with E-state index in [1.807, 2.05) is 0 Å².